The summed E-state index contributed by atoms with van der Waals surface area (Å²) in [7, 11) is 1.64. The fourth-order valence-electron chi connectivity index (χ4n) is 3.34. The predicted molar refractivity (Wildman–Crippen MR) is 90.7 cm³/mol. The molecule has 1 N–H and O–H groups in total. The van der Waals surface area contributed by atoms with E-state index in [1.165, 1.54) is 32.1 Å². The number of hydrogen-bond donors (Lipinski definition) is 1. The molecule has 0 aliphatic heterocycles. The number of ether oxygens (including phenoxy) is 1. The van der Waals surface area contributed by atoms with Gasteiger partial charge < -0.3 is 14.4 Å². The van der Waals surface area contributed by atoms with Gasteiger partial charge in [-0.25, -0.2) is 0 Å². The van der Waals surface area contributed by atoms with Crippen molar-refractivity contribution in [3.05, 3.63) is 30.2 Å². The zero-order chi connectivity index (χ0) is 16.8. The highest BCUT2D eigenvalue weighted by Gasteiger charge is 2.23. The van der Waals surface area contributed by atoms with Crippen molar-refractivity contribution in [3.63, 3.8) is 0 Å². The molecular weight excluding hydrogens is 306 g/mol. The van der Waals surface area contributed by atoms with Gasteiger partial charge >= 0.3 is 0 Å². The van der Waals surface area contributed by atoms with E-state index in [4.69, 9.17) is 9.26 Å². The molecule has 1 aliphatic rings. The van der Waals surface area contributed by atoms with Crippen molar-refractivity contribution in [2.24, 2.45) is 0 Å². The van der Waals surface area contributed by atoms with Crippen LogP contribution in [0.3, 0.4) is 0 Å². The Hall–Kier alpha value is -1.92. The first-order valence-corrected chi connectivity index (χ1v) is 8.62. The molecule has 0 amide bonds. The Morgan fingerprint density at radius 3 is 2.88 bits per heavy atom. The van der Waals surface area contributed by atoms with Gasteiger partial charge in [0.1, 0.15) is 5.75 Å². The molecule has 24 heavy (non-hydrogen) atoms. The third-order valence-electron chi connectivity index (χ3n) is 4.61. The molecule has 0 unspecified atom stereocenters. The van der Waals surface area contributed by atoms with Gasteiger partial charge in [0, 0.05) is 18.2 Å². The zero-order valence-corrected chi connectivity index (χ0v) is 14.1. The first-order valence-electron chi connectivity index (χ1n) is 8.62. The van der Waals surface area contributed by atoms with Gasteiger partial charge in [-0.2, -0.15) is 4.98 Å². The summed E-state index contributed by atoms with van der Waals surface area (Å²) >= 11 is 0. The molecule has 1 aliphatic carbocycles. The van der Waals surface area contributed by atoms with E-state index in [0.717, 1.165) is 11.3 Å². The molecule has 1 aromatic heterocycles. The van der Waals surface area contributed by atoms with E-state index >= 15 is 0 Å². The lowest BCUT2D eigenvalue weighted by Crippen LogP contribution is -2.38. The maximum absolute atomic E-state index is 9.36. The van der Waals surface area contributed by atoms with Gasteiger partial charge in [0.05, 0.1) is 20.3 Å². The van der Waals surface area contributed by atoms with Crippen molar-refractivity contribution in [2.75, 3.05) is 20.3 Å². The summed E-state index contributed by atoms with van der Waals surface area (Å²) in [5.74, 6) is 1.92. The van der Waals surface area contributed by atoms with Crippen molar-refractivity contribution in [1.82, 2.24) is 15.0 Å². The van der Waals surface area contributed by atoms with E-state index in [1.807, 2.05) is 24.3 Å². The van der Waals surface area contributed by atoms with Gasteiger partial charge in [0.15, 0.2) is 0 Å². The summed E-state index contributed by atoms with van der Waals surface area (Å²) in [6.07, 6.45) is 6.18. The number of methoxy groups -OCH3 is 1. The Kier molecular flexibility index (Phi) is 5.82. The monoisotopic (exact) mass is 331 g/mol. The van der Waals surface area contributed by atoms with E-state index in [0.29, 0.717) is 30.8 Å². The molecule has 1 heterocycles. The Morgan fingerprint density at radius 1 is 1.29 bits per heavy atom. The van der Waals surface area contributed by atoms with Gasteiger partial charge in [-0.1, -0.05) is 36.6 Å². The number of aromatic nitrogens is 2. The van der Waals surface area contributed by atoms with Crippen molar-refractivity contribution in [1.29, 1.82) is 0 Å². The first kappa shape index (κ1) is 16.9. The molecule has 1 aromatic carbocycles. The minimum atomic E-state index is 0.146. The summed E-state index contributed by atoms with van der Waals surface area (Å²) in [6, 6.07) is 8.12. The molecule has 0 radical (unpaired) electrons. The van der Waals surface area contributed by atoms with Gasteiger partial charge in [0.25, 0.3) is 0 Å². The molecule has 0 saturated heterocycles. The summed E-state index contributed by atoms with van der Waals surface area (Å²) in [6.45, 7) is 1.37. The molecule has 1 fully saturated rings. The van der Waals surface area contributed by atoms with Crippen LogP contribution < -0.4 is 4.74 Å². The zero-order valence-electron chi connectivity index (χ0n) is 14.1. The van der Waals surface area contributed by atoms with Crippen LogP contribution in [0.25, 0.3) is 11.4 Å². The Bertz CT molecular complexity index is 638. The van der Waals surface area contributed by atoms with E-state index < -0.39 is 0 Å². The van der Waals surface area contributed by atoms with Crippen LogP contribution in [0.1, 0.15) is 38.0 Å². The van der Waals surface area contributed by atoms with Crippen LogP contribution in [0.4, 0.5) is 0 Å². The highest BCUT2D eigenvalue weighted by Crippen LogP contribution is 2.25. The van der Waals surface area contributed by atoms with Crippen LogP contribution in [-0.4, -0.2) is 46.5 Å². The minimum absolute atomic E-state index is 0.146. The molecular formula is C18H25N3O3. The van der Waals surface area contributed by atoms with E-state index in [-0.39, 0.29) is 6.61 Å². The second-order valence-corrected chi connectivity index (χ2v) is 6.23. The SMILES string of the molecule is COc1cccc(-c2noc(CN(CCO)C3CCCCC3)n2)c1. The molecule has 3 rings (SSSR count). The van der Waals surface area contributed by atoms with Crippen LogP contribution in [0, 0.1) is 0 Å². The number of aliphatic hydroxyl groups is 1. The molecule has 0 atom stereocenters. The Labute approximate surface area is 142 Å². The number of benzene rings is 1. The summed E-state index contributed by atoms with van der Waals surface area (Å²) < 4.78 is 10.7. The molecule has 130 valence electrons. The van der Waals surface area contributed by atoms with Gasteiger partial charge in [0.2, 0.25) is 11.7 Å². The number of rotatable bonds is 7. The van der Waals surface area contributed by atoms with Crippen molar-refractivity contribution in [3.8, 4) is 17.1 Å². The number of aliphatic hydroxyl groups excluding tert-OH is 1. The maximum Gasteiger partial charge on any atom is 0.241 e. The first-order chi connectivity index (χ1) is 11.8. The lowest BCUT2D eigenvalue weighted by atomic mass is 9.94. The molecule has 6 nitrogen and oxygen atoms in total. The van der Waals surface area contributed by atoms with Gasteiger partial charge in [-0.05, 0) is 25.0 Å². The van der Waals surface area contributed by atoms with Crippen LogP contribution in [0.15, 0.2) is 28.8 Å². The fourth-order valence-corrected chi connectivity index (χ4v) is 3.34. The number of nitrogens with zero attached hydrogens (tertiary/aromatic N) is 3. The van der Waals surface area contributed by atoms with Gasteiger partial charge in [-0.3, -0.25) is 4.90 Å². The van der Waals surface area contributed by atoms with Crippen LogP contribution >= 0.6 is 0 Å². The second kappa shape index (κ2) is 8.26. The molecule has 6 heteroatoms. The average Bonchev–Trinajstić information content (AvgIpc) is 3.11. The van der Waals surface area contributed by atoms with Crippen LogP contribution in [0.5, 0.6) is 5.75 Å². The smallest absolute Gasteiger partial charge is 0.241 e. The largest absolute Gasteiger partial charge is 0.497 e. The van der Waals surface area contributed by atoms with E-state index in [2.05, 4.69) is 15.0 Å². The average molecular weight is 331 g/mol. The highest BCUT2D eigenvalue weighted by atomic mass is 16.5. The quantitative estimate of drug-likeness (QED) is 0.841. The summed E-state index contributed by atoms with van der Waals surface area (Å²) in [5.41, 5.74) is 0.871. The molecule has 0 spiro atoms. The minimum Gasteiger partial charge on any atom is -0.497 e. The normalized spacial score (nSPS) is 15.8. The molecule has 2 aromatic rings. The second-order valence-electron chi connectivity index (χ2n) is 6.23. The number of hydrogen-bond acceptors (Lipinski definition) is 6. The lowest BCUT2D eigenvalue weighted by molar-refractivity contribution is 0.105. The standard InChI is InChI=1S/C18H25N3O3/c1-23-16-9-5-6-14(12-16)18-19-17(24-20-18)13-21(10-11-22)15-7-3-2-4-8-15/h5-6,9,12,15,22H,2-4,7-8,10-11,13H2,1H3. The van der Waals surface area contributed by atoms with Crippen LogP contribution in [0.2, 0.25) is 0 Å². The Morgan fingerprint density at radius 2 is 2.12 bits per heavy atom. The predicted octanol–water partition coefficient (Wildman–Crippen LogP) is 2.87. The van der Waals surface area contributed by atoms with Crippen LogP contribution in [-0.2, 0) is 6.54 Å². The third kappa shape index (κ3) is 4.13. The molecule has 0 bridgehead atoms. The lowest BCUT2D eigenvalue weighted by Gasteiger charge is -2.32. The molecule has 1 saturated carbocycles. The van der Waals surface area contributed by atoms with Crippen molar-refractivity contribution >= 4 is 0 Å². The van der Waals surface area contributed by atoms with Crippen molar-refractivity contribution < 1.29 is 14.4 Å². The van der Waals surface area contributed by atoms with E-state index in [9.17, 15) is 5.11 Å². The fraction of sp³-hybridized carbons (Fsp3) is 0.556. The highest BCUT2D eigenvalue weighted by molar-refractivity contribution is 5.56. The summed E-state index contributed by atoms with van der Waals surface area (Å²) in [5, 5.41) is 13.5. The topological polar surface area (TPSA) is 71.6 Å². The maximum atomic E-state index is 9.36. The summed E-state index contributed by atoms with van der Waals surface area (Å²) in [4.78, 5) is 6.78. The van der Waals surface area contributed by atoms with E-state index in [1.54, 1.807) is 7.11 Å². The third-order valence-corrected chi connectivity index (χ3v) is 4.61. The van der Waals surface area contributed by atoms with Gasteiger partial charge in [-0.15, -0.1) is 0 Å². The Balaban J connectivity index is 1.71. The van der Waals surface area contributed by atoms with Crippen molar-refractivity contribution in [2.45, 2.75) is 44.7 Å².